The SMILES string of the molecule is CCCCCCCS(=O)(=O)c1ccc2c(c1)CCN2C(=O)C1CCCN1CS(C)(=O)=O. The van der Waals surface area contributed by atoms with E-state index >= 15 is 0 Å². The Kier molecular flexibility index (Phi) is 7.81. The molecule has 7 nitrogen and oxygen atoms in total. The summed E-state index contributed by atoms with van der Waals surface area (Å²) in [5.41, 5.74) is 1.62. The number of nitrogens with zero attached hydrogens (tertiary/aromatic N) is 2. The number of rotatable bonds is 10. The van der Waals surface area contributed by atoms with E-state index in [1.54, 1.807) is 28.0 Å². The first-order chi connectivity index (χ1) is 14.6. The Labute approximate surface area is 186 Å². The Morgan fingerprint density at radius 2 is 1.81 bits per heavy atom. The molecule has 1 saturated heterocycles. The van der Waals surface area contributed by atoms with Gasteiger partial charge in [0.1, 0.15) is 5.88 Å². The van der Waals surface area contributed by atoms with E-state index < -0.39 is 25.7 Å². The van der Waals surface area contributed by atoms with Gasteiger partial charge in [-0.1, -0.05) is 32.6 Å². The van der Waals surface area contributed by atoms with Gasteiger partial charge in [-0.05, 0) is 49.4 Å². The molecule has 9 heteroatoms. The van der Waals surface area contributed by atoms with Crippen molar-refractivity contribution in [1.29, 1.82) is 0 Å². The molecule has 0 radical (unpaired) electrons. The number of carbonyl (C=O) groups excluding carboxylic acids is 1. The van der Waals surface area contributed by atoms with Crippen molar-refractivity contribution in [2.75, 3.05) is 35.9 Å². The summed E-state index contributed by atoms with van der Waals surface area (Å²) >= 11 is 0. The zero-order chi connectivity index (χ0) is 22.6. The fourth-order valence-corrected chi connectivity index (χ4v) is 6.88. The molecule has 1 fully saturated rings. The number of hydrogen-bond donors (Lipinski definition) is 0. The lowest BCUT2D eigenvalue weighted by Crippen LogP contribution is -2.46. The molecular formula is C22H34N2O5S2. The maximum absolute atomic E-state index is 13.2. The molecule has 0 spiro atoms. The number of fused-ring (bicyclic) bond motifs is 1. The first-order valence-electron chi connectivity index (χ1n) is 11.2. The molecule has 2 heterocycles. The van der Waals surface area contributed by atoms with Crippen molar-refractivity contribution in [3.63, 3.8) is 0 Å². The highest BCUT2D eigenvalue weighted by atomic mass is 32.2. The van der Waals surface area contributed by atoms with E-state index in [0.29, 0.717) is 37.2 Å². The van der Waals surface area contributed by atoms with Crippen LogP contribution in [0, 0.1) is 0 Å². The summed E-state index contributed by atoms with van der Waals surface area (Å²) in [6.45, 7) is 3.22. The summed E-state index contributed by atoms with van der Waals surface area (Å²) in [5, 5.41) is 0. The van der Waals surface area contributed by atoms with Crippen LogP contribution in [0.1, 0.15) is 57.4 Å². The van der Waals surface area contributed by atoms with E-state index in [-0.39, 0.29) is 17.5 Å². The summed E-state index contributed by atoms with van der Waals surface area (Å²) in [5.74, 6) is -0.0494. The normalized spacial score (nSPS) is 19.7. The molecule has 174 valence electrons. The lowest BCUT2D eigenvalue weighted by atomic mass is 10.1. The highest BCUT2D eigenvalue weighted by Crippen LogP contribution is 2.33. The minimum atomic E-state index is -3.33. The molecule has 1 aromatic carbocycles. The highest BCUT2D eigenvalue weighted by molar-refractivity contribution is 7.91. The second-order valence-corrected chi connectivity index (χ2v) is 13.0. The largest absolute Gasteiger partial charge is 0.310 e. The van der Waals surface area contributed by atoms with Gasteiger partial charge in [0.05, 0.1) is 16.7 Å². The molecule has 1 aromatic rings. The van der Waals surface area contributed by atoms with Gasteiger partial charge >= 0.3 is 0 Å². The fraction of sp³-hybridized carbons (Fsp3) is 0.682. The number of sulfone groups is 2. The number of hydrogen-bond acceptors (Lipinski definition) is 6. The third kappa shape index (κ3) is 6.08. The number of carbonyl (C=O) groups is 1. The quantitative estimate of drug-likeness (QED) is 0.488. The van der Waals surface area contributed by atoms with Gasteiger partial charge in [-0.25, -0.2) is 16.8 Å². The topological polar surface area (TPSA) is 91.8 Å². The predicted molar refractivity (Wildman–Crippen MR) is 123 cm³/mol. The lowest BCUT2D eigenvalue weighted by Gasteiger charge is -2.27. The Morgan fingerprint density at radius 1 is 1.06 bits per heavy atom. The average Bonchev–Trinajstić information content (AvgIpc) is 3.32. The van der Waals surface area contributed by atoms with E-state index in [2.05, 4.69) is 6.92 Å². The van der Waals surface area contributed by atoms with E-state index in [1.165, 1.54) is 6.26 Å². The van der Waals surface area contributed by atoms with E-state index in [4.69, 9.17) is 0 Å². The van der Waals surface area contributed by atoms with Crippen LogP contribution >= 0.6 is 0 Å². The van der Waals surface area contributed by atoms with Crippen LogP contribution < -0.4 is 4.90 Å². The van der Waals surface area contributed by atoms with Gasteiger partial charge in [0, 0.05) is 25.0 Å². The zero-order valence-corrected chi connectivity index (χ0v) is 20.2. The first-order valence-corrected chi connectivity index (χ1v) is 14.9. The van der Waals surface area contributed by atoms with Crippen molar-refractivity contribution in [3.05, 3.63) is 23.8 Å². The van der Waals surface area contributed by atoms with Crippen molar-refractivity contribution in [2.45, 2.75) is 69.2 Å². The van der Waals surface area contributed by atoms with E-state index in [0.717, 1.165) is 43.4 Å². The zero-order valence-electron chi connectivity index (χ0n) is 18.5. The smallest absolute Gasteiger partial charge is 0.244 e. The molecular weight excluding hydrogens is 436 g/mol. The third-order valence-corrected chi connectivity index (χ3v) is 8.74. The maximum atomic E-state index is 13.2. The first kappa shape index (κ1) is 24.2. The molecule has 0 aromatic heterocycles. The average molecular weight is 471 g/mol. The van der Waals surface area contributed by atoms with Crippen LogP contribution in [0.4, 0.5) is 5.69 Å². The maximum Gasteiger partial charge on any atom is 0.244 e. The molecule has 0 aliphatic carbocycles. The summed E-state index contributed by atoms with van der Waals surface area (Å²) in [4.78, 5) is 17.0. The van der Waals surface area contributed by atoms with Crippen LogP contribution in [0.5, 0.6) is 0 Å². The van der Waals surface area contributed by atoms with Crippen molar-refractivity contribution in [2.24, 2.45) is 0 Å². The number of likely N-dealkylation sites (tertiary alicyclic amines) is 1. The standard InChI is InChI=1S/C22H34N2O5S2/c1-3-4-5-6-7-15-31(28,29)19-10-11-20-18(16-19)12-14-24(20)22(25)21-9-8-13-23(21)17-30(2,26)27/h10-11,16,21H,3-9,12-15,17H2,1-2H3. The predicted octanol–water partition coefficient (Wildman–Crippen LogP) is 2.79. The van der Waals surface area contributed by atoms with Crippen molar-refractivity contribution < 1.29 is 21.6 Å². The van der Waals surface area contributed by atoms with Gasteiger partial charge in [-0.15, -0.1) is 0 Å². The van der Waals surface area contributed by atoms with E-state index in [1.807, 2.05) is 0 Å². The molecule has 0 saturated carbocycles. The van der Waals surface area contributed by atoms with Gasteiger partial charge in [0.2, 0.25) is 5.91 Å². The van der Waals surface area contributed by atoms with Crippen LogP contribution in [0.3, 0.4) is 0 Å². The summed E-state index contributed by atoms with van der Waals surface area (Å²) in [7, 11) is -6.53. The second-order valence-electron chi connectivity index (χ2n) is 8.79. The van der Waals surface area contributed by atoms with Crippen molar-refractivity contribution in [3.8, 4) is 0 Å². The molecule has 1 unspecified atom stereocenters. The summed E-state index contributed by atoms with van der Waals surface area (Å²) in [6, 6.07) is 4.62. The lowest BCUT2D eigenvalue weighted by molar-refractivity contribution is -0.122. The number of benzene rings is 1. The molecule has 31 heavy (non-hydrogen) atoms. The van der Waals surface area contributed by atoms with Gasteiger partial charge in [-0.2, -0.15) is 0 Å². The van der Waals surface area contributed by atoms with Crippen LogP contribution in [0.15, 0.2) is 23.1 Å². The molecule has 1 amide bonds. The fourth-order valence-electron chi connectivity index (χ4n) is 4.56. The van der Waals surface area contributed by atoms with Crippen LogP contribution in [-0.4, -0.2) is 64.7 Å². The van der Waals surface area contributed by atoms with E-state index in [9.17, 15) is 21.6 Å². The summed E-state index contributed by atoms with van der Waals surface area (Å²) in [6.07, 6.45) is 8.14. The molecule has 3 rings (SSSR count). The molecule has 2 aliphatic rings. The van der Waals surface area contributed by atoms with Crippen LogP contribution in [0.2, 0.25) is 0 Å². The minimum absolute atomic E-state index is 0.0913. The van der Waals surface area contributed by atoms with Crippen molar-refractivity contribution in [1.82, 2.24) is 4.90 Å². The minimum Gasteiger partial charge on any atom is -0.310 e. The van der Waals surface area contributed by atoms with Gasteiger partial charge in [0.15, 0.2) is 19.7 Å². The Hall–Kier alpha value is -1.45. The van der Waals surface area contributed by atoms with Crippen molar-refractivity contribution >= 4 is 31.3 Å². The molecule has 2 aliphatic heterocycles. The Bertz CT molecular complexity index is 1000. The molecule has 0 N–H and O–H groups in total. The second kappa shape index (κ2) is 10.0. The summed E-state index contributed by atoms with van der Waals surface area (Å²) < 4.78 is 48.9. The Morgan fingerprint density at radius 3 is 2.52 bits per heavy atom. The number of anilines is 1. The van der Waals surface area contributed by atoms with Crippen LogP contribution in [0.25, 0.3) is 0 Å². The molecule has 0 bridgehead atoms. The van der Waals surface area contributed by atoms with Gasteiger partial charge in [0.25, 0.3) is 0 Å². The number of amides is 1. The van der Waals surface area contributed by atoms with Gasteiger partial charge < -0.3 is 4.90 Å². The molecule has 1 atom stereocenters. The third-order valence-electron chi connectivity index (χ3n) is 6.14. The monoisotopic (exact) mass is 470 g/mol. The van der Waals surface area contributed by atoms with Crippen LogP contribution in [-0.2, 0) is 30.9 Å². The highest BCUT2D eigenvalue weighted by Gasteiger charge is 2.37. The van der Waals surface area contributed by atoms with Gasteiger partial charge in [-0.3, -0.25) is 9.69 Å². The number of unbranched alkanes of at least 4 members (excludes halogenated alkanes) is 4. The Balaban J connectivity index is 1.69.